The van der Waals surface area contributed by atoms with Gasteiger partial charge in [-0.05, 0) is 31.5 Å². The number of fused-ring (bicyclic) bond motifs is 2. The SMILES string of the molecule is COc1ccc(CNc2nc(-c3cnccn3)nc3sc(C)c(Cl)c23)cc1OC.Cc1sc2nc(-c3cnccn3)nc(Cl)c2c1Cl. The highest BCUT2D eigenvalue weighted by molar-refractivity contribution is 7.19. The van der Waals surface area contributed by atoms with Crippen molar-refractivity contribution >= 4 is 83.7 Å². The zero-order valence-electron chi connectivity index (χ0n) is 25.2. The third-order valence-corrected chi connectivity index (χ3v) is 10.2. The van der Waals surface area contributed by atoms with E-state index in [0.29, 0.717) is 67.5 Å². The quantitative estimate of drug-likeness (QED) is 0.159. The molecule has 0 aliphatic carbocycles. The van der Waals surface area contributed by atoms with Gasteiger partial charge in [-0.1, -0.05) is 40.9 Å². The Morgan fingerprint density at radius 2 is 1.28 bits per heavy atom. The highest BCUT2D eigenvalue weighted by atomic mass is 35.5. The Kier molecular flexibility index (Phi) is 9.89. The average molecular weight is 725 g/mol. The van der Waals surface area contributed by atoms with Crippen molar-refractivity contribution < 1.29 is 9.47 Å². The Labute approximate surface area is 292 Å². The van der Waals surface area contributed by atoms with Crippen LogP contribution in [0, 0.1) is 13.8 Å². The molecular weight excluding hydrogens is 701 g/mol. The summed E-state index contributed by atoms with van der Waals surface area (Å²) in [7, 11) is 3.23. The zero-order chi connectivity index (χ0) is 33.1. The Morgan fingerprint density at radius 3 is 1.85 bits per heavy atom. The molecule has 0 saturated carbocycles. The second kappa shape index (κ2) is 14.2. The third-order valence-electron chi connectivity index (χ3n) is 6.76. The van der Waals surface area contributed by atoms with Crippen LogP contribution in [0.4, 0.5) is 5.82 Å². The molecule has 0 radical (unpaired) electrons. The topological polar surface area (TPSA) is 134 Å². The predicted octanol–water partition coefficient (Wildman–Crippen LogP) is 8.50. The molecule has 6 aromatic heterocycles. The molecule has 47 heavy (non-hydrogen) atoms. The first kappa shape index (κ1) is 32.7. The lowest BCUT2D eigenvalue weighted by Crippen LogP contribution is -2.04. The molecule has 0 saturated heterocycles. The normalized spacial score (nSPS) is 11.0. The summed E-state index contributed by atoms with van der Waals surface area (Å²) in [5, 5.41) is 6.51. The molecule has 0 bridgehead atoms. The fraction of sp³-hybridized carbons (Fsp3) is 0.161. The van der Waals surface area contributed by atoms with Crippen molar-refractivity contribution in [2.45, 2.75) is 20.4 Å². The molecule has 0 spiro atoms. The van der Waals surface area contributed by atoms with Gasteiger partial charge in [-0.2, -0.15) is 0 Å². The molecular formula is C31H24Cl3N9O2S2. The Balaban J connectivity index is 0.000000183. The Hall–Kier alpha value is -4.27. The van der Waals surface area contributed by atoms with Gasteiger partial charge in [0.1, 0.15) is 32.0 Å². The van der Waals surface area contributed by atoms with E-state index in [1.165, 1.54) is 22.7 Å². The molecule has 1 aromatic carbocycles. The lowest BCUT2D eigenvalue weighted by Gasteiger charge is -2.12. The number of aromatic nitrogens is 8. The number of benzene rings is 1. The summed E-state index contributed by atoms with van der Waals surface area (Å²) in [6.45, 7) is 4.42. The first-order valence-corrected chi connectivity index (χ1v) is 16.6. The largest absolute Gasteiger partial charge is 0.493 e. The monoisotopic (exact) mass is 723 g/mol. The van der Waals surface area contributed by atoms with Crippen LogP contribution >= 0.6 is 57.5 Å². The van der Waals surface area contributed by atoms with Gasteiger partial charge in [-0.25, -0.2) is 29.9 Å². The average Bonchev–Trinajstić information content (AvgIpc) is 3.56. The summed E-state index contributed by atoms with van der Waals surface area (Å²) >= 11 is 21.9. The van der Waals surface area contributed by atoms with Crippen LogP contribution in [-0.2, 0) is 6.54 Å². The van der Waals surface area contributed by atoms with E-state index in [9.17, 15) is 0 Å². The van der Waals surface area contributed by atoms with Gasteiger partial charge in [-0.15, -0.1) is 22.7 Å². The number of aryl methyl sites for hydroxylation is 2. The summed E-state index contributed by atoms with van der Waals surface area (Å²) in [6, 6.07) is 5.77. The van der Waals surface area contributed by atoms with Gasteiger partial charge in [0.15, 0.2) is 23.1 Å². The van der Waals surface area contributed by atoms with E-state index < -0.39 is 0 Å². The van der Waals surface area contributed by atoms with Gasteiger partial charge in [0, 0.05) is 41.1 Å². The molecule has 7 aromatic rings. The van der Waals surface area contributed by atoms with Crippen LogP contribution < -0.4 is 14.8 Å². The minimum atomic E-state index is 0.343. The number of rotatable bonds is 7. The van der Waals surface area contributed by atoms with Gasteiger partial charge >= 0.3 is 0 Å². The summed E-state index contributed by atoms with van der Waals surface area (Å²) in [5.74, 6) is 2.96. The second-order valence-electron chi connectivity index (χ2n) is 9.76. The van der Waals surface area contributed by atoms with Crippen molar-refractivity contribution in [3.05, 3.63) is 85.9 Å². The van der Waals surface area contributed by atoms with Crippen LogP contribution in [0.5, 0.6) is 11.5 Å². The molecule has 11 nitrogen and oxygen atoms in total. The number of anilines is 1. The Bertz CT molecular complexity index is 2200. The number of hydrogen-bond donors (Lipinski definition) is 1. The maximum Gasteiger partial charge on any atom is 0.183 e. The molecule has 6 heterocycles. The number of methoxy groups -OCH3 is 2. The highest BCUT2D eigenvalue weighted by Crippen LogP contribution is 2.39. The second-order valence-corrected chi connectivity index (χ2v) is 13.3. The molecule has 7 rings (SSSR count). The lowest BCUT2D eigenvalue weighted by molar-refractivity contribution is 0.354. The minimum absolute atomic E-state index is 0.343. The van der Waals surface area contributed by atoms with Crippen LogP contribution in [0.3, 0.4) is 0 Å². The summed E-state index contributed by atoms with van der Waals surface area (Å²) < 4.78 is 10.7. The van der Waals surface area contributed by atoms with Crippen molar-refractivity contribution in [3.8, 4) is 34.5 Å². The zero-order valence-corrected chi connectivity index (χ0v) is 29.1. The molecule has 0 aliphatic rings. The first-order valence-electron chi connectivity index (χ1n) is 13.8. The number of hydrogen-bond acceptors (Lipinski definition) is 13. The van der Waals surface area contributed by atoms with Crippen LogP contribution in [-0.4, -0.2) is 54.1 Å². The Morgan fingerprint density at radius 1 is 0.702 bits per heavy atom. The summed E-state index contributed by atoms with van der Waals surface area (Å²) in [5.41, 5.74) is 2.20. The van der Waals surface area contributed by atoms with Crippen molar-refractivity contribution in [2.24, 2.45) is 0 Å². The van der Waals surface area contributed by atoms with Gasteiger partial charge in [-0.3, -0.25) is 9.97 Å². The number of ether oxygens (including phenoxy) is 2. The fourth-order valence-corrected chi connectivity index (χ4v) is 7.38. The fourth-order valence-electron chi connectivity index (χ4n) is 4.48. The van der Waals surface area contributed by atoms with Crippen LogP contribution in [0.25, 0.3) is 43.5 Å². The van der Waals surface area contributed by atoms with Crippen molar-refractivity contribution in [1.29, 1.82) is 0 Å². The minimum Gasteiger partial charge on any atom is -0.493 e. The maximum absolute atomic E-state index is 6.54. The van der Waals surface area contributed by atoms with Crippen LogP contribution in [0.15, 0.2) is 55.4 Å². The molecule has 0 unspecified atom stereocenters. The summed E-state index contributed by atoms with van der Waals surface area (Å²) in [6.07, 6.45) is 9.65. The first-order chi connectivity index (χ1) is 22.8. The van der Waals surface area contributed by atoms with Gasteiger partial charge < -0.3 is 14.8 Å². The van der Waals surface area contributed by atoms with E-state index in [1.807, 2.05) is 32.0 Å². The van der Waals surface area contributed by atoms with Crippen LogP contribution in [0.2, 0.25) is 15.2 Å². The summed E-state index contributed by atoms with van der Waals surface area (Å²) in [4.78, 5) is 38.0. The highest BCUT2D eigenvalue weighted by Gasteiger charge is 2.18. The molecule has 16 heteroatoms. The number of halogens is 3. The van der Waals surface area contributed by atoms with Gasteiger partial charge in [0.05, 0.1) is 47.4 Å². The molecule has 0 atom stereocenters. The predicted molar refractivity (Wildman–Crippen MR) is 188 cm³/mol. The molecule has 0 aliphatic heterocycles. The van der Waals surface area contributed by atoms with E-state index in [1.54, 1.807) is 51.4 Å². The van der Waals surface area contributed by atoms with Gasteiger partial charge in [0.2, 0.25) is 0 Å². The number of nitrogens with one attached hydrogen (secondary N) is 1. The van der Waals surface area contributed by atoms with E-state index in [0.717, 1.165) is 30.4 Å². The van der Waals surface area contributed by atoms with Crippen molar-refractivity contribution in [3.63, 3.8) is 0 Å². The molecule has 0 amide bonds. The molecule has 1 N–H and O–H groups in total. The van der Waals surface area contributed by atoms with Crippen molar-refractivity contribution in [2.75, 3.05) is 19.5 Å². The van der Waals surface area contributed by atoms with E-state index in [4.69, 9.17) is 44.3 Å². The lowest BCUT2D eigenvalue weighted by atomic mass is 10.2. The van der Waals surface area contributed by atoms with Gasteiger partial charge in [0.25, 0.3) is 0 Å². The number of thiophene rings is 2. The number of nitrogens with zero attached hydrogens (tertiary/aromatic N) is 8. The van der Waals surface area contributed by atoms with Crippen molar-refractivity contribution in [1.82, 2.24) is 39.9 Å². The maximum atomic E-state index is 6.54. The van der Waals surface area contributed by atoms with E-state index in [2.05, 4.69) is 45.2 Å². The standard InChI is InChI=1S/C20H18ClN5O2S.C11H6Cl2N4S/c1-11-17(21)16-19(24-9-12-4-5-14(27-2)15(8-12)28-3)25-18(26-20(16)29-11)13-10-22-6-7-23-13;1-5-8(12)7-9(13)16-10(17-11(7)18-5)6-4-14-2-3-15-6/h4-8,10H,9H2,1-3H3,(H,24,25,26);2-4H,1H3. The van der Waals surface area contributed by atoms with E-state index >= 15 is 0 Å². The van der Waals surface area contributed by atoms with Crippen LogP contribution in [0.1, 0.15) is 15.3 Å². The molecule has 0 fully saturated rings. The molecule has 238 valence electrons. The smallest absolute Gasteiger partial charge is 0.183 e. The van der Waals surface area contributed by atoms with E-state index in [-0.39, 0.29) is 0 Å². The third kappa shape index (κ3) is 6.90.